The summed E-state index contributed by atoms with van der Waals surface area (Å²) in [6.07, 6.45) is 6.34. The van der Waals surface area contributed by atoms with Crippen molar-refractivity contribution in [2.75, 3.05) is 19.6 Å². The highest BCUT2D eigenvalue weighted by Crippen LogP contribution is 2.25. The summed E-state index contributed by atoms with van der Waals surface area (Å²) in [5.41, 5.74) is 5.68. The lowest BCUT2D eigenvalue weighted by molar-refractivity contribution is -0.132. The number of nitrogens with one attached hydrogen (secondary N) is 1. The smallest absolute Gasteiger partial charge is 0.222 e. The summed E-state index contributed by atoms with van der Waals surface area (Å²) in [5.74, 6) is 0.750. The molecule has 0 aliphatic carbocycles. The summed E-state index contributed by atoms with van der Waals surface area (Å²) in [4.78, 5) is 22.3. The van der Waals surface area contributed by atoms with Crippen LogP contribution in [0.5, 0.6) is 0 Å². The van der Waals surface area contributed by atoms with Crippen molar-refractivity contribution in [3.8, 4) is 0 Å². The highest BCUT2D eigenvalue weighted by molar-refractivity contribution is 5.81. The van der Waals surface area contributed by atoms with Gasteiger partial charge in [0.25, 0.3) is 0 Å². The minimum Gasteiger partial charge on any atom is -0.370 e. The number of hydrogen-bond donors (Lipinski definition) is 2. The lowest BCUT2D eigenvalue weighted by Crippen LogP contribution is -2.55. The molecular formula is C13H21N7O. The van der Waals surface area contributed by atoms with Crippen LogP contribution in [0.2, 0.25) is 0 Å². The van der Waals surface area contributed by atoms with Crippen molar-refractivity contribution in [2.24, 2.45) is 10.7 Å². The quantitative estimate of drug-likeness (QED) is 0.766. The van der Waals surface area contributed by atoms with Gasteiger partial charge >= 0.3 is 0 Å². The largest absolute Gasteiger partial charge is 0.370 e. The van der Waals surface area contributed by atoms with Crippen molar-refractivity contribution in [3.63, 3.8) is 0 Å². The van der Waals surface area contributed by atoms with E-state index in [1.54, 1.807) is 11.0 Å². The van der Waals surface area contributed by atoms with E-state index in [0.29, 0.717) is 12.4 Å². The molecule has 1 aromatic rings. The van der Waals surface area contributed by atoms with Crippen LogP contribution in [0.25, 0.3) is 0 Å². The molecule has 3 rings (SSSR count). The Bertz CT molecular complexity index is 517. The van der Waals surface area contributed by atoms with Crippen molar-refractivity contribution in [2.45, 2.75) is 37.8 Å². The summed E-state index contributed by atoms with van der Waals surface area (Å²) >= 11 is 0. The zero-order chi connectivity index (χ0) is 14.7. The van der Waals surface area contributed by atoms with Crippen molar-refractivity contribution < 1.29 is 4.79 Å². The van der Waals surface area contributed by atoms with Gasteiger partial charge in [0.15, 0.2) is 5.96 Å². The molecule has 21 heavy (non-hydrogen) atoms. The average molecular weight is 291 g/mol. The first-order chi connectivity index (χ1) is 10.2. The Morgan fingerprint density at radius 3 is 2.86 bits per heavy atom. The average Bonchev–Trinajstić information content (AvgIpc) is 3.10. The molecule has 0 atom stereocenters. The zero-order valence-corrected chi connectivity index (χ0v) is 12.0. The molecule has 0 radical (unpaired) electrons. The maximum Gasteiger partial charge on any atom is 0.222 e. The number of rotatable bonds is 4. The molecular weight excluding hydrogens is 270 g/mol. The van der Waals surface area contributed by atoms with Gasteiger partial charge in [0, 0.05) is 26.1 Å². The molecule has 114 valence electrons. The standard InChI is InChI=1S/C13H21N7O/c14-12-16-8-13(18-12)3-6-19(7-4-13)11(21)2-1-5-20-10-15-9-17-20/h9-10H,1-8H2,(H3,14,16,18). The number of piperidine rings is 1. The van der Waals surface area contributed by atoms with E-state index in [1.807, 2.05) is 4.90 Å². The van der Waals surface area contributed by atoms with E-state index in [4.69, 9.17) is 5.73 Å². The molecule has 1 fully saturated rings. The van der Waals surface area contributed by atoms with Crippen molar-refractivity contribution >= 4 is 11.9 Å². The number of carbonyl (C=O) groups is 1. The van der Waals surface area contributed by atoms with Crippen LogP contribution in [0.15, 0.2) is 17.6 Å². The number of carbonyl (C=O) groups excluding carboxylic acids is 1. The normalized spacial score (nSPS) is 20.4. The number of likely N-dealkylation sites (tertiary alicyclic amines) is 1. The van der Waals surface area contributed by atoms with E-state index in [1.165, 1.54) is 6.33 Å². The highest BCUT2D eigenvalue weighted by Gasteiger charge is 2.38. The third-order valence-corrected chi connectivity index (χ3v) is 4.26. The van der Waals surface area contributed by atoms with Gasteiger partial charge in [-0.2, -0.15) is 5.10 Å². The van der Waals surface area contributed by atoms with E-state index < -0.39 is 0 Å². The number of guanidine groups is 1. The van der Waals surface area contributed by atoms with Gasteiger partial charge in [-0.1, -0.05) is 0 Å². The first-order valence-electron chi connectivity index (χ1n) is 7.35. The number of aromatic nitrogens is 3. The third-order valence-electron chi connectivity index (χ3n) is 4.26. The molecule has 8 heteroatoms. The Labute approximate surface area is 123 Å². The minimum absolute atomic E-state index is 0.0123. The molecule has 3 heterocycles. The van der Waals surface area contributed by atoms with Crippen LogP contribution < -0.4 is 11.1 Å². The monoisotopic (exact) mass is 291 g/mol. The SMILES string of the molecule is NC1=NCC2(CCN(C(=O)CCCn3cncn3)CC2)N1. The van der Waals surface area contributed by atoms with E-state index in [2.05, 4.69) is 20.4 Å². The lowest BCUT2D eigenvalue weighted by atomic mass is 9.88. The molecule has 8 nitrogen and oxygen atoms in total. The summed E-state index contributed by atoms with van der Waals surface area (Å²) in [5, 5.41) is 7.29. The van der Waals surface area contributed by atoms with Gasteiger partial charge in [0.05, 0.1) is 12.1 Å². The predicted octanol–water partition coefficient (Wildman–Crippen LogP) is -0.663. The topological polar surface area (TPSA) is 101 Å². The van der Waals surface area contributed by atoms with Crippen LogP contribution >= 0.6 is 0 Å². The van der Waals surface area contributed by atoms with Crippen LogP contribution in [-0.2, 0) is 11.3 Å². The Morgan fingerprint density at radius 1 is 1.43 bits per heavy atom. The molecule has 1 saturated heterocycles. The van der Waals surface area contributed by atoms with Crippen LogP contribution in [0.1, 0.15) is 25.7 Å². The molecule has 0 unspecified atom stereocenters. The summed E-state index contributed by atoms with van der Waals surface area (Å²) in [7, 11) is 0. The van der Waals surface area contributed by atoms with Gasteiger partial charge in [-0.25, -0.2) is 4.98 Å². The Balaban J connectivity index is 1.41. The summed E-state index contributed by atoms with van der Waals surface area (Å²) in [6, 6.07) is 0. The molecule has 3 N–H and O–H groups in total. The van der Waals surface area contributed by atoms with Gasteiger partial charge in [0.2, 0.25) is 5.91 Å². The summed E-state index contributed by atoms with van der Waals surface area (Å²) < 4.78 is 1.75. The molecule has 2 aliphatic heterocycles. The minimum atomic E-state index is -0.0123. The van der Waals surface area contributed by atoms with Crippen LogP contribution in [0.3, 0.4) is 0 Å². The molecule has 2 aliphatic rings. The Kier molecular flexibility index (Phi) is 3.76. The van der Waals surface area contributed by atoms with Crippen molar-refractivity contribution in [1.82, 2.24) is 25.0 Å². The fraction of sp³-hybridized carbons (Fsp3) is 0.692. The Hall–Kier alpha value is -2.12. The molecule has 1 spiro atoms. The van der Waals surface area contributed by atoms with Gasteiger partial charge in [0.1, 0.15) is 12.7 Å². The second kappa shape index (κ2) is 5.71. The third kappa shape index (κ3) is 3.14. The van der Waals surface area contributed by atoms with Crippen molar-refractivity contribution in [1.29, 1.82) is 0 Å². The number of nitrogens with zero attached hydrogens (tertiary/aromatic N) is 5. The predicted molar refractivity (Wildman–Crippen MR) is 77.4 cm³/mol. The van der Waals surface area contributed by atoms with E-state index in [9.17, 15) is 4.79 Å². The van der Waals surface area contributed by atoms with Gasteiger partial charge < -0.3 is 16.0 Å². The maximum absolute atomic E-state index is 12.2. The van der Waals surface area contributed by atoms with E-state index >= 15 is 0 Å². The van der Waals surface area contributed by atoms with E-state index in [-0.39, 0.29) is 11.4 Å². The second-order valence-electron chi connectivity index (χ2n) is 5.75. The van der Waals surface area contributed by atoms with Crippen LogP contribution in [0.4, 0.5) is 0 Å². The lowest BCUT2D eigenvalue weighted by Gasteiger charge is -2.39. The number of hydrogen-bond acceptors (Lipinski definition) is 6. The van der Waals surface area contributed by atoms with Crippen molar-refractivity contribution in [3.05, 3.63) is 12.7 Å². The van der Waals surface area contributed by atoms with Gasteiger partial charge in [-0.05, 0) is 19.3 Å². The number of aliphatic imine (C=N–C) groups is 1. The van der Waals surface area contributed by atoms with E-state index in [0.717, 1.165) is 45.4 Å². The molecule has 1 amide bonds. The summed E-state index contributed by atoms with van der Waals surface area (Å²) in [6.45, 7) is 3.01. The molecule has 0 bridgehead atoms. The van der Waals surface area contributed by atoms with Gasteiger partial charge in [-0.3, -0.25) is 14.5 Å². The second-order valence-corrected chi connectivity index (χ2v) is 5.75. The van der Waals surface area contributed by atoms with Crippen LogP contribution in [-0.4, -0.2) is 56.7 Å². The molecule has 0 saturated carbocycles. The number of nitrogens with two attached hydrogens (primary N) is 1. The first kappa shape index (κ1) is 13.8. The first-order valence-corrected chi connectivity index (χ1v) is 7.35. The Morgan fingerprint density at radius 2 is 2.24 bits per heavy atom. The highest BCUT2D eigenvalue weighted by atomic mass is 16.2. The van der Waals surface area contributed by atoms with Gasteiger partial charge in [-0.15, -0.1) is 0 Å². The number of amides is 1. The molecule has 1 aromatic heterocycles. The molecule has 0 aromatic carbocycles. The maximum atomic E-state index is 12.2. The fourth-order valence-corrected chi connectivity index (χ4v) is 2.95. The number of aryl methyl sites for hydroxylation is 1. The fourth-order valence-electron chi connectivity index (χ4n) is 2.95. The van der Waals surface area contributed by atoms with Crippen LogP contribution in [0, 0.1) is 0 Å². The zero-order valence-electron chi connectivity index (χ0n) is 12.0.